The van der Waals surface area contributed by atoms with Gasteiger partial charge in [-0.1, -0.05) is 47.6 Å². The second-order valence-corrected chi connectivity index (χ2v) is 7.56. The van der Waals surface area contributed by atoms with Crippen LogP contribution in [-0.4, -0.2) is 28.1 Å². The number of hydrogen-bond donors (Lipinski definition) is 0. The second kappa shape index (κ2) is 9.00. The van der Waals surface area contributed by atoms with Crippen molar-refractivity contribution >= 4 is 22.7 Å². The largest absolute Gasteiger partial charge is 0.457 e. The molecule has 0 bridgehead atoms. The van der Waals surface area contributed by atoms with E-state index in [2.05, 4.69) is 21.9 Å². The third-order valence-corrected chi connectivity index (χ3v) is 5.47. The van der Waals surface area contributed by atoms with Crippen LogP contribution in [0.2, 0.25) is 0 Å². The number of Topliss-reactive ketones (excluding diaryl/α,β-unsaturated/α-hetero) is 1. The highest BCUT2D eigenvalue weighted by atomic mass is 16.5. The van der Waals surface area contributed by atoms with Crippen molar-refractivity contribution in [1.29, 1.82) is 0 Å². The van der Waals surface area contributed by atoms with Crippen molar-refractivity contribution in [3.05, 3.63) is 88.9 Å². The van der Waals surface area contributed by atoms with Gasteiger partial charge in [0.2, 0.25) is 5.78 Å². The Hall–Kier alpha value is -3.67. The van der Waals surface area contributed by atoms with E-state index in [-0.39, 0.29) is 18.8 Å². The van der Waals surface area contributed by atoms with Crippen LogP contribution in [0, 0.1) is 13.8 Å². The van der Waals surface area contributed by atoms with Gasteiger partial charge in [0, 0.05) is 28.9 Å². The zero-order valence-electron chi connectivity index (χ0n) is 17.6. The highest BCUT2D eigenvalue weighted by Gasteiger charge is 2.19. The van der Waals surface area contributed by atoms with Gasteiger partial charge < -0.3 is 13.8 Å². The van der Waals surface area contributed by atoms with Gasteiger partial charge in [-0.15, -0.1) is 0 Å². The van der Waals surface area contributed by atoms with Crippen LogP contribution in [0.1, 0.15) is 33.0 Å². The van der Waals surface area contributed by atoms with Crippen molar-refractivity contribution in [2.45, 2.75) is 33.2 Å². The van der Waals surface area contributed by atoms with Crippen LogP contribution in [0.5, 0.6) is 0 Å². The molecule has 0 aliphatic carbocycles. The van der Waals surface area contributed by atoms with Crippen LogP contribution in [0.4, 0.5) is 0 Å². The molecule has 0 aliphatic heterocycles. The van der Waals surface area contributed by atoms with E-state index in [4.69, 9.17) is 9.26 Å². The van der Waals surface area contributed by atoms with Gasteiger partial charge >= 0.3 is 5.97 Å². The summed E-state index contributed by atoms with van der Waals surface area (Å²) in [5.74, 6) is -0.720. The maximum absolute atomic E-state index is 12.7. The Morgan fingerprint density at radius 2 is 1.77 bits per heavy atom. The molecule has 2 aromatic carbocycles. The zero-order valence-corrected chi connectivity index (χ0v) is 17.6. The standard InChI is InChI=1S/C25H24N2O4/c1-17-14-21(18(2)27(17)13-12-19-8-4-3-5-9-19)23(28)16-30-25(29)15-22-20-10-6-7-11-24(20)31-26-22/h3-11,14H,12-13,15-16H2,1-2H3. The number of carbonyl (C=O) groups excluding carboxylic acids is 2. The summed E-state index contributed by atoms with van der Waals surface area (Å²) in [7, 11) is 0. The van der Waals surface area contributed by atoms with Gasteiger partial charge in [-0.2, -0.15) is 0 Å². The summed E-state index contributed by atoms with van der Waals surface area (Å²) in [6, 6.07) is 19.4. The van der Waals surface area contributed by atoms with Crippen molar-refractivity contribution in [3.63, 3.8) is 0 Å². The average molecular weight is 416 g/mol. The summed E-state index contributed by atoms with van der Waals surface area (Å²) in [6.07, 6.45) is 0.839. The molecule has 0 saturated carbocycles. The Morgan fingerprint density at radius 3 is 2.58 bits per heavy atom. The van der Waals surface area contributed by atoms with Crippen molar-refractivity contribution in [3.8, 4) is 0 Å². The molecule has 2 aromatic heterocycles. The lowest BCUT2D eigenvalue weighted by Gasteiger charge is -2.10. The molecule has 0 saturated heterocycles. The second-order valence-electron chi connectivity index (χ2n) is 7.56. The third kappa shape index (κ3) is 4.58. The summed E-state index contributed by atoms with van der Waals surface area (Å²) in [4.78, 5) is 24.9. The van der Waals surface area contributed by atoms with Gasteiger partial charge in [0.15, 0.2) is 12.2 Å². The van der Waals surface area contributed by atoms with Crippen molar-refractivity contribution in [2.75, 3.05) is 6.61 Å². The first-order chi connectivity index (χ1) is 15.0. The van der Waals surface area contributed by atoms with E-state index >= 15 is 0 Å². The molecule has 0 radical (unpaired) electrons. The molecule has 4 rings (SSSR count). The molecule has 158 valence electrons. The van der Waals surface area contributed by atoms with E-state index < -0.39 is 5.97 Å². The Bertz CT molecular complexity index is 1220. The quantitative estimate of drug-likeness (QED) is 0.313. The van der Waals surface area contributed by atoms with Crippen LogP contribution in [0.25, 0.3) is 11.0 Å². The molecule has 6 heteroatoms. The average Bonchev–Trinajstić information content (AvgIpc) is 3.32. The van der Waals surface area contributed by atoms with Gasteiger partial charge in [-0.3, -0.25) is 9.59 Å². The van der Waals surface area contributed by atoms with Gasteiger partial charge in [-0.05, 0) is 44.0 Å². The summed E-state index contributed by atoms with van der Waals surface area (Å²) < 4.78 is 12.6. The van der Waals surface area contributed by atoms with Crippen LogP contribution < -0.4 is 0 Å². The lowest BCUT2D eigenvalue weighted by molar-refractivity contribution is -0.141. The Kier molecular flexibility index (Phi) is 5.98. The molecule has 0 spiro atoms. The van der Waals surface area contributed by atoms with Crippen LogP contribution in [0.3, 0.4) is 0 Å². The number of rotatable bonds is 8. The predicted octanol–water partition coefficient (Wildman–Crippen LogP) is 4.46. The molecule has 2 heterocycles. The zero-order chi connectivity index (χ0) is 21.8. The smallest absolute Gasteiger partial charge is 0.312 e. The molecule has 4 aromatic rings. The number of carbonyl (C=O) groups is 2. The molecule has 0 N–H and O–H groups in total. The Balaban J connectivity index is 1.36. The van der Waals surface area contributed by atoms with Crippen molar-refractivity contribution in [1.82, 2.24) is 9.72 Å². The van der Waals surface area contributed by atoms with Gasteiger partial charge in [0.05, 0.1) is 6.42 Å². The first kappa shape index (κ1) is 20.6. The van der Waals surface area contributed by atoms with Gasteiger partial charge in [0.25, 0.3) is 0 Å². The number of hydrogen-bond acceptors (Lipinski definition) is 5. The SMILES string of the molecule is Cc1cc(C(=O)COC(=O)Cc2noc3ccccc23)c(C)n1CCc1ccccc1. The highest BCUT2D eigenvalue weighted by Crippen LogP contribution is 2.19. The first-order valence-corrected chi connectivity index (χ1v) is 10.3. The molecule has 0 aliphatic rings. The first-order valence-electron chi connectivity index (χ1n) is 10.3. The number of fused-ring (bicyclic) bond motifs is 1. The van der Waals surface area contributed by atoms with Crippen LogP contribution in [-0.2, 0) is 28.9 Å². The van der Waals surface area contributed by atoms with Gasteiger partial charge in [-0.25, -0.2) is 0 Å². The van der Waals surface area contributed by atoms with Crippen LogP contribution >= 0.6 is 0 Å². The molecule has 0 amide bonds. The number of ketones is 1. The maximum atomic E-state index is 12.7. The molecular formula is C25H24N2O4. The molecule has 6 nitrogen and oxygen atoms in total. The number of nitrogens with zero attached hydrogens (tertiary/aromatic N) is 2. The van der Waals surface area contributed by atoms with Crippen molar-refractivity contribution < 1.29 is 18.8 Å². The number of aromatic nitrogens is 2. The van der Waals surface area contributed by atoms with E-state index in [0.717, 1.165) is 29.7 Å². The number of benzene rings is 2. The summed E-state index contributed by atoms with van der Waals surface area (Å²) in [5.41, 5.74) is 4.85. The fourth-order valence-corrected chi connectivity index (χ4v) is 3.79. The van der Waals surface area contributed by atoms with E-state index in [1.54, 1.807) is 6.07 Å². The van der Waals surface area contributed by atoms with E-state index in [1.165, 1.54) is 5.56 Å². The topological polar surface area (TPSA) is 74.3 Å². The fourth-order valence-electron chi connectivity index (χ4n) is 3.79. The predicted molar refractivity (Wildman–Crippen MR) is 117 cm³/mol. The minimum Gasteiger partial charge on any atom is -0.457 e. The molecule has 0 atom stereocenters. The number of aryl methyl sites for hydroxylation is 2. The minimum atomic E-state index is -0.509. The van der Waals surface area contributed by atoms with Crippen LogP contribution in [0.15, 0.2) is 65.2 Å². The summed E-state index contributed by atoms with van der Waals surface area (Å²) in [6.45, 7) is 4.40. The Morgan fingerprint density at radius 1 is 1.03 bits per heavy atom. The lowest BCUT2D eigenvalue weighted by Crippen LogP contribution is -2.16. The maximum Gasteiger partial charge on any atom is 0.312 e. The fraction of sp³-hybridized carbons (Fsp3) is 0.240. The summed E-state index contributed by atoms with van der Waals surface area (Å²) in [5, 5.41) is 4.70. The third-order valence-electron chi connectivity index (χ3n) is 5.47. The number of ether oxygens (including phenoxy) is 1. The number of para-hydroxylation sites is 1. The van der Waals surface area contributed by atoms with Gasteiger partial charge in [0.1, 0.15) is 5.69 Å². The molecule has 31 heavy (non-hydrogen) atoms. The van der Waals surface area contributed by atoms with E-state index in [1.807, 2.05) is 56.3 Å². The van der Waals surface area contributed by atoms with E-state index in [9.17, 15) is 9.59 Å². The number of esters is 1. The minimum absolute atomic E-state index is 0.0413. The lowest BCUT2D eigenvalue weighted by atomic mass is 10.1. The molecular weight excluding hydrogens is 392 g/mol. The Labute approximate surface area is 180 Å². The normalized spacial score (nSPS) is 11.0. The van der Waals surface area contributed by atoms with E-state index in [0.29, 0.717) is 16.8 Å². The monoisotopic (exact) mass is 416 g/mol. The summed E-state index contributed by atoms with van der Waals surface area (Å²) >= 11 is 0. The van der Waals surface area contributed by atoms with Crippen molar-refractivity contribution in [2.24, 2.45) is 0 Å². The molecule has 0 unspecified atom stereocenters. The molecule has 0 fully saturated rings. The highest BCUT2D eigenvalue weighted by molar-refractivity contribution is 5.99.